The lowest BCUT2D eigenvalue weighted by Gasteiger charge is -2.33. The van der Waals surface area contributed by atoms with Crippen LogP contribution in [0, 0.1) is 5.92 Å². The highest BCUT2D eigenvalue weighted by molar-refractivity contribution is 9.10. The van der Waals surface area contributed by atoms with Crippen molar-refractivity contribution in [2.45, 2.75) is 70.8 Å². The van der Waals surface area contributed by atoms with Crippen LogP contribution in [0.15, 0.2) is 4.47 Å². The Bertz CT molecular complexity index is 644. The first-order valence-corrected chi connectivity index (χ1v) is 10.6. The minimum atomic E-state index is -0.0444. The summed E-state index contributed by atoms with van der Waals surface area (Å²) in [5.74, 6) is 0.639. The maximum absolute atomic E-state index is 12.8. The lowest BCUT2D eigenvalue weighted by atomic mass is 9.88. The third-order valence-electron chi connectivity index (χ3n) is 5.62. The molecule has 7 heteroatoms. The molecule has 0 bridgehead atoms. The van der Waals surface area contributed by atoms with Gasteiger partial charge in [-0.2, -0.15) is 5.10 Å². The molecule has 2 N–H and O–H groups in total. The fourth-order valence-electron chi connectivity index (χ4n) is 3.93. The number of hydrogen-bond donors (Lipinski definition) is 2. The maximum Gasteiger partial charge on any atom is 0.275 e. The van der Waals surface area contributed by atoms with Gasteiger partial charge in [0.2, 0.25) is 5.91 Å². The molecule has 1 aliphatic heterocycles. The molecule has 0 unspecified atom stereocenters. The molecule has 0 aromatic carbocycles. The van der Waals surface area contributed by atoms with E-state index in [9.17, 15) is 9.59 Å². The smallest absolute Gasteiger partial charge is 0.275 e. The summed E-state index contributed by atoms with van der Waals surface area (Å²) >= 11 is 3.51. The van der Waals surface area contributed by atoms with Crippen LogP contribution in [0.2, 0.25) is 0 Å². The van der Waals surface area contributed by atoms with Crippen LogP contribution in [-0.2, 0) is 4.79 Å². The van der Waals surface area contributed by atoms with Crippen molar-refractivity contribution in [1.82, 2.24) is 20.4 Å². The van der Waals surface area contributed by atoms with Gasteiger partial charge in [0.05, 0.1) is 10.2 Å². The number of amides is 2. The molecule has 144 valence electrons. The normalized spacial score (nSPS) is 19.8. The number of carbonyl (C=O) groups excluding carboxylic acids is 2. The summed E-state index contributed by atoms with van der Waals surface area (Å²) < 4.78 is 0.769. The lowest BCUT2D eigenvalue weighted by molar-refractivity contribution is -0.126. The summed E-state index contributed by atoms with van der Waals surface area (Å²) in [7, 11) is 0. The Morgan fingerprint density at radius 2 is 1.81 bits per heavy atom. The molecule has 2 heterocycles. The van der Waals surface area contributed by atoms with Gasteiger partial charge in [-0.1, -0.05) is 33.1 Å². The van der Waals surface area contributed by atoms with Crippen molar-refractivity contribution >= 4 is 27.7 Å². The second-order valence-corrected chi connectivity index (χ2v) is 8.66. The maximum atomic E-state index is 12.8. The number of aromatic nitrogens is 2. The number of H-pyrrole nitrogens is 1. The lowest BCUT2D eigenvalue weighted by Crippen LogP contribution is -2.48. The van der Waals surface area contributed by atoms with Gasteiger partial charge in [-0.3, -0.25) is 14.7 Å². The summed E-state index contributed by atoms with van der Waals surface area (Å²) in [6.07, 6.45) is 7.26. The Hall–Kier alpha value is -1.37. The minimum absolute atomic E-state index is 0.0444. The van der Waals surface area contributed by atoms with Crippen LogP contribution in [0.25, 0.3) is 0 Å². The van der Waals surface area contributed by atoms with E-state index in [1.807, 2.05) is 4.90 Å². The van der Waals surface area contributed by atoms with Crippen LogP contribution in [-0.4, -0.2) is 46.0 Å². The van der Waals surface area contributed by atoms with E-state index in [0.717, 1.165) is 35.8 Å². The first kappa shape index (κ1) is 19.4. The molecule has 3 rings (SSSR count). The van der Waals surface area contributed by atoms with Crippen LogP contribution >= 0.6 is 15.9 Å². The number of nitrogens with zero attached hydrogens (tertiary/aromatic N) is 2. The van der Waals surface area contributed by atoms with E-state index >= 15 is 0 Å². The average Bonchev–Trinajstić information content (AvgIpc) is 3.04. The van der Waals surface area contributed by atoms with Gasteiger partial charge in [0.25, 0.3) is 5.91 Å². The second kappa shape index (κ2) is 8.55. The largest absolute Gasteiger partial charge is 0.353 e. The van der Waals surface area contributed by atoms with E-state index in [1.165, 1.54) is 19.3 Å². The Labute approximate surface area is 163 Å². The third kappa shape index (κ3) is 4.30. The molecule has 1 saturated heterocycles. The van der Waals surface area contributed by atoms with Crippen LogP contribution in [0.1, 0.15) is 80.9 Å². The quantitative estimate of drug-likeness (QED) is 0.774. The average molecular weight is 425 g/mol. The predicted molar refractivity (Wildman–Crippen MR) is 104 cm³/mol. The van der Waals surface area contributed by atoms with E-state index < -0.39 is 0 Å². The van der Waals surface area contributed by atoms with Gasteiger partial charge in [0.1, 0.15) is 0 Å². The van der Waals surface area contributed by atoms with E-state index in [4.69, 9.17) is 0 Å². The molecular weight excluding hydrogens is 396 g/mol. The highest BCUT2D eigenvalue weighted by Crippen LogP contribution is 2.27. The molecule has 0 radical (unpaired) electrons. The second-order valence-electron chi connectivity index (χ2n) is 7.86. The Morgan fingerprint density at radius 1 is 1.15 bits per heavy atom. The molecule has 1 saturated carbocycles. The highest BCUT2D eigenvalue weighted by atomic mass is 79.9. The number of aromatic amines is 1. The van der Waals surface area contributed by atoms with Gasteiger partial charge in [0.15, 0.2) is 5.69 Å². The SMILES string of the molecule is CC(C)c1[nH]nc(C(=O)N2CCC(NC(=O)C3CCCCC3)CC2)c1Br. The highest BCUT2D eigenvalue weighted by Gasteiger charge is 2.30. The fourth-order valence-corrected chi connectivity index (χ4v) is 4.73. The van der Waals surface area contributed by atoms with Gasteiger partial charge in [-0.05, 0) is 47.5 Å². The minimum Gasteiger partial charge on any atom is -0.353 e. The zero-order valence-electron chi connectivity index (χ0n) is 15.7. The van der Waals surface area contributed by atoms with E-state index in [1.54, 1.807) is 0 Å². The number of piperidine rings is 1. The van der Waals surface area contributed by atoms with Gasteiger partial charge in [-0.25, -0.2) is 0 Å². The van der Waals surface area contributed by atoms with Gasteiger partial charge in [0, 0.05) is 25.0 Å². The zero-order valence-corrected chi connectivity index (χ0v) is 17.3. The molecule has 26 heavy (non-hydrogen) atoms. The number of halogens is 1. The predicted octanol–water partition coefficient (Wildman–Crippen LogP) is 3.60. The molecule has 1 aromatic rings. The van der Waals surface area contributed by atoms with Crippen molar-refractivity contribution in [3.05, 3.63) is 15.9 Å². The number of nitrogens with one attached hydrogen (secondary N) is 2. The summed E-state index contributed by atoms with van der Waals surface area (Å²) in [6, 6.07) is 0.183. The van der Waals surface area contributed by atoms with E-state index in [-0.39, 0.29) is 29.7 Å². The third-order valence-corrected chi connectivity index (χ3v) is 6.42. The van der Waals surface area contributed by atoms with Gasteiger partial charge in [-0.15, -0.1) is 0 Å². The molecular formula is C19H29BrN4O2. The number of hydrogen-bond acceptors (Lipinski definition) is 3. The Morgan fingerprint density at radius 3 is 2.38 bits per heavy atom. The number of likely N-dealkylation sites (tertiary alicyclic amines) is 1. The van der Waals surface area contributed by atoms with Crippen LogP contribution < -0.4 is 5.32 Å². The molecule has 1 aliphatic carbocycles. The number of carbonyl (C=O) groups is 2. The monoisotopic (exact) mass is 424 g/mol. The summed E-state index contributed by atoms with van der Waals surface area (Å²) in [5.41, 5.74) is 1.40. The van der Waals surface area contributed by atoms with E-state index in [2.05, 4.69) is 45.3 Å². The molecule has 2 aliphatic rings. The Balaban J connectivity index is 1.51. The van der Waals surface area contributed by atoms with Crippen molar-refractivity contribution in [3.8, 4) is 0 Å². The van der Waals surface area contributed by atoms with Gasteiger partial charge >= 0.3 is 0 Å². The summed E-state index contributed by atoms with van der Waals surface area (Å²) in [6.45, 7) is 5.44. The zero-order chi connectivity index (χ0) is 18.7. The molecule has 6 nitrogen and oxygen atoms in total. The molecule has 2 fully saturated rings. The van der Waals surface area contributed by atoms with Crippen LogP contribution in [0.5, 0.6) is 0 Å². The van der Waals surface area contributed by atoms with Crippen molar-refractivity contribution in [2.24, 2.45) is 5.92 Å². The molecule has 1 aromatic heterocycles. The first-order chi connectivity index (χ1) is 12.5. The Kier molecular flexibility index (Phi) is 6.37. The van der Waals surface area contributed by atoms with Crippen molar-refractivity contribution in [3.63, 3.8) is 0 Å². The van der Waals surface area contributed by atoms with Crippen molar-refractivity contribution in [2.75, 3.05) is 13.1 Å². The van der Waals surface area contributed by atoms with Crippen molar-refractivity contribution < 1.29 is 9.59 Å². The molecule has 2 amide bonds. The standard InChI is InChI=1S/C19H29BrN4O2/c1-12(2)16-15(20)17(23-22-16)19(26)24-10-8-14(9-11-24)21-18(25)13-6-4-3-5-7-13/h12-14H,3-11H2,1-2H3,(H,21,25)(H,22,23). The topological polar surface area (TPSA) is 78.1 Å². The fraction of sp³-hybridized carbons (Fsp3) is 0.737. The van der Waals surface area contributed by atoms with Crippen LogP contribution in [0.3, 0.4) is 0 Å². The summed E-state index contributed by atoms with van der Waals surface area (Å²) in [4.78, 5) is 27.0. The number of rotatable bonds is 4. The van der Waals surface area contributed by atoms with Crippen molar-refractivity contribution in [1.29, 1.82) is 0 Å². The molecule has 0 spiro atoms. The van der Waals surface area contributed by atoms with Gasteiger partial charge < -0.3 is 10.2 Å². The molecule has 0 atom stereocenters. The van der Waals surface area contributed by atoms with E-state index in [0.29, 0.717) is 18.8 Å². The first-order valence-electron chi connectivity index (χ1n) is 9.80. The van der Waals surface area contributed by atoms with Crippen LogP contribution in [0.4, 0.5) is 0 Å². The summed E-state index contributed by atoms with van der Waals surface area (Å²) in [5, 5.41) is 10.4.